The second-order valence-electron chi connectivity index (χ2n) is 4.88. The fourth-order valence-electron chi connectivity index (χ4n) is 1.90. The molecule has 0 spiro atoms. The summed E-state index contributed by atoms with van der Waals surface area (Å²) in [6.45, 7) is 0. The molecule has 1 amide bonds. The van der Waals surface area contributed by atoms with Crippen molar-refractivity contribution >= 4 is 23.8 Å². The SMILES string of the molecule is O=C(O)C(=O)NC(Cc1ccc(OC(=O)c2ccco2)cc1)C(=O)O. The van der Waals surface area contributed by atoms with Gasteiger partial charge in [-0.1, -0.05) is 12.1 Å². The number of esters is 1. The van der Waals surface area contributed by atoms with Crippen LogP contribution in [0.25, 0.3) is 0 Å². The molecule has 3 N–H and O–H groups in total. The van der Waals surface area contributed by atoms with E-state index in [0.717, 1.165) is 0 Å². The van der Waals surface area contributed by atoms with Gasteiger partial charge in [-0.05, 0) is 29.8 Å². The van der Waals surface area contributed by atoms with Gasteiger partial charge < -0.3 is 24.7 Å². The van der Waals surface area contributed by atoms with E-state index in [4.69, 9.17) is 19.4 Å². The van der Waals surface area contributed by atoms with Gasteiger partial charge in [0.2, 0.25) is 5.76 Å². The topological polar surface area (TPSA) is 143 Å². The first-order valence-corrected chi connectivity index (χ1v) is 6.98. The minimum atomic E-state index is -1.77. The fraction of sp³-hybridized carbons (Fsp3) is 0.125. The summed E-state index contributed by atoms with van der Waals surface area (Å²) in [5.41, 5.74) is 0.496. The molecular formula is C16H13NO8. The average molecular weight is 347 g/mol. The minimum absolute atomic E-state index is 0.0337. The molecule has 25 heavy (non-hydrogen) atoms. The Bertz CT molecular complexity index is 779. The predicted octanol–water partition coefficient (Wildman–Crippen LogP) is 0.695. The number of ether oxygens (including phenoxy) is 1. The lowest BCUT2D eigenvalue weighted by Gasteiger charge is -2.13. The second-order valence-corrected chi connectivity index (χ2v) is 4.88. The minimum Gasteiger partial charge on any atom is -0.480 e. The number of aliphatic carboxylic acids is 2. The van der Waals surface area contributed by atoms with Gasteiger partial charge in [0, 0.05) is 6.42 Å². The number of nitrogens with one attached hydrogen (secondary N) is 1. The van der Waals surface area contributed by atoms with E-state index in [0.29, 0.717) is 5.56 Å². The van der Waals surface area contributed by atoms with Crippen molar-refractivity contribution in [2.45, 2.75) is 12.5 Å². The summed E-state index contributed by atoms with van der Waals surface area (Å²) in [5.74, 6) is -4.99. The molecule has 0 saturated carbocycles. The molecule has 130 valence electrons. The lowest BCUT2D eigenvalue weighted by Crippen LogP contribution is -2.45. The van der Waals surface area contributed by atoms with E-state index >= 15 is 0 Å². The highest BCUT2D eigenvalue weighted by molar-refractivity contribution is 6.31. The number of carboxylic acids is 2. The molecule has 0 fully saturated rings. The van der Waals surface area contributed by atoms with Crippen LogP contribution in [-0.2, 0) is 20.8 Å². The highest BCUT2D eigenvalue weighted by Gasteiger charge is 2.23. The van der Waals surface area contributed by atoms with E-state index in [1.54, 1.807) is 0 Å². The number of rotatable bonds is 6. The normalized spacial score (nSPS) is 11.4. The zero-order chi connectivity index (χ0) is 18.4. The Hall–Kier alpha value is -3.62. The van der Waals surface area contributed by atoms with Crippen LogP contribution in [0.5, 0.6) is 5.75 Å². The van der Waals surface area contributed by atoms with Gasteiger partial charge in [-0.2, -0.15) is 0 Å². The third-order valence-corrected chi connectivity index (χ3v) is 3.09. The van der Waals surface area contributed by atoms with Gasteiger partial charge in [0.05, 0.1) is 6.26 Å². The Kier molecular flexibility index (Phi) is 5.51. The molecule has 2 rings (SSSR count). The number of carbonyl (C=O) groups is 4. The summed E-state index contributed by atoms with van der Waals surface area (Å²) in [6.07, 6.45) is 1.19. The van der Waals surface area contributed by atoms with Crippen LogP contribution in [0.4, 0.5) is 0 Å². The predicted molar refractivity (Wildman–Crippen MR) is 81.0 cm³/mol. The Labute approximate surface area is 140 Å². The molecule has 1 unspecified atom stereocenters. The molecule has 1 aromatic heterocycles. The lowest BCUT2D eigenvalue weighted by molar-refractivity contribution is -0.152. The number of furan rings is 1. The third kappa shape index (κ3) is 4.93. The maximum atomic E-state index is 11.7. The van der Waals surface area contributed by atoms with E-state index in [1.165, 1.54) is 42.7 Å². The quantitative estimate of drug-likeness (QED) is 0.393. The molecular weight excluding hydrogens is 334 g/mol. The Balaban J connectivity index is 2.00. The van der Waals surface area contributed by atoms with Crippen LogP contribution in [-0.4, -0.2) is 40.1 Å². The van der Waals surface area contributed by atoms with Gasteiger partial charge in [0.1, 0.15) is 11.8 Å². The van der Waals surface area contributed by atoms with Crippen molar-refractivity contribution in [1.82, 2.24) is 5.32 Å². The van der Waals surface area contributed by atoms with Crippen molar-refractivity contribution in [1.29, 1.82) is 0 Å². The van der Waals surface area contributed by atoms with Crippen molar-refractivity contribution < 1.29 is 38.5 Å². The average Bonchev–Trinajstić information content (AvgIpc) is 3.10. The van der Waals surface area contributed by atoms with Crippen LogP contribution >= 0.6 is 0 Å². The molecule has 0 bridgehead atoms. The molecule has 2 aromatic rings. The zero-order valence-electron chi connectivity index (χ0n) is 12.7. The molecule has 9 heteroatoms. The van der Waals surface area contributed by atoms with E-state index in [9.17, 15) is 19.2 Å². The second kappa shape index (κ2) is 7.77. The van der Waals surface area contributed by atoms with Crippen molar-refractivity contribution in [3.05, 3.63) is 54.0 Å². The number of benzene rings is 1. The van der Waals surface area contributed by atoms with E-state index in [2.05, 4.69) is 0 Å². The lowest BCUT2D eigenvalue weighted by atomic mass is 10.1. The van der Waals surface area contributed by atoms with Crippen molar-refractivity contribution in [2.75, 3.05) is 0 Å². The van der Waals surface area contributed by atoms with E-state index in [-0.39, 0.29) is 17.9 Å². The molecule has 0 aliphatic carbocycles. The van der Waals surface area contributed by atoms with Crippen LogP contribution in [0, 0.1) is 0 Å². The standard InChI is InChI=1S/C16H13NO8/c18-13(15(21)22)17-11(14(19)20)8-9-3-5-10(6-4-9)25-16(23)12-2-1-7-24-12/h1-7,11H,8H2,(H,17,18)(H,19,20)(H,21,22). The van der Waals surface area contributed by atoms with Gasteiger partial charge in [0.15, 0.2) is 0 Å². The molecule has 0 aliphatic rings. The molecule has 1 aromatic carbocycles. The number of amides is 1. The highest BCUT2D eigenvalue weighted by atomic mass is 16.5. The van der Waals surface area contributed by atoms with Gasteiger partial charge >= 0.3 is 23.8 Å². The molecule has 0 aliphatic heterocycles. The van der Waals surface area contributed by atoms with Crippen LogP contribution in [0.2, 0.25) is 0 Å². The Morgan fingerprint density at radius 1 is 1.08 bits per heavy atom. The van der Waals surface area contributed by atoms with E-state index in [1.807, 2.05) is 5.32 Å². The maximum absolute atomic E-state index is 11.7. The monoisotopic (exact) mass is 347 g/mol. The number of hydrogen-bond acceptors (Lipinski definition) is 6. The largest absolute Gasteiger partial charge is 0.480 e. The van der Waals surface area contributed by atoms with E-state index < -0.39 is 29.9 Å². The molecule has 9 nitrogen and oxygen atoms in total. The highest BCUT2D eigenvalue weighted by Crippen LogP contribution is 2.15. The van der Waals surface area contributed by atoms with Crippen LogP contribution in [0.3, 0.4) is 0 Å². The van der Waals surface area contributed by atoms with Crippen molar-refractivity contribution in [2.24, 2.45) is 0 Å². The van der Waals surface area contributed by atoms with Crippen molar-refractivity contribution in [3.8, 4) is 5.75 Å². The zero-order valence-corrected chi connectivity index (χ0v) is 12.7. The molecule has 0 radical (unpaired) electrons. The van der Waals surface area contributed by atoms with Crippen LogP contribution in [0.1, 0.15) is 16.1 Å². The van der Waals surface area contributed by atoms with Crippen molar-refractivity contribution in [3.63, 3.8) is 0 Å². The first-order valence-electron chi connectivity index (χ1n) is 6.98. The molecule has 1 atom stereocenters. The summed E-state index contributed by atoms with van der Waals surface area (Å²) in [5, 5.41) is 19.5. The number of carboxylic acid groups (broad SMARTS) is 2. The third-order valence-electron chi connectivity index (χ3n) is 3.09. The summed E-state index contributed by atoms with van der Waals surface area (Å²) in [4.78, 5) is 44.4. The smallest absolute Gasteiger partial charge is 0.394 e. The summed E-state index contributed by atoms with van der Waals surface area (Å²) >= 11 is 0. The number of hydrogen-bond donors (Lipinski definition) is 3. The van der Waals surface area contributed by atoms with Gasteiger partial charge in [0.25, 0.3) is 0 Å². The fourth-order valence-corrected chi connectivity index (χ4v) is 1.90. The first-order chi connectivity index (χ1) is 11.9. The van der Waals surface area contributed by atoms with Crippen LogP contribution in [0.15, 0.2) is 47.1 Å². The maximum Gasteiger partial charge on any atom is 0.394 e. The first kappa shape index (κ1) is 17.7. The van der Waals surface area contributed by atoms with Gasteiger partial charge in [-0.15, -0.1) is 0 Å². The molecule has 0 saturated heterocycles. The van der Waals surface area contributed by atoms with Crippen LogP contribution < -0.4 is 10.1 Å². The Morgan fingerprint density at radius 3 is 2.28 bits per heavy atom. The van der Waals surface area contributed by atoms with Gasteiger partial charge in [-0.3, -0.25) is 4.79 Å². The summed E-state index contributed by atoms with van der Waals surface area (Å²) < 4.78 is 9.96. The van der Waals surface area contributed by atoms with Gasteiger partial charge in [-0.25, -0.2) is 14.4 Å². The summed E-state index contributed by atoms with van der Waals surface area (Å²) in [7, 11) is 0. The summed E-state index contributed by atoms with van der Waals surface area (Å²) in [6, 6.07) is 7.44. The number of carbonyl (C=O) groups excluding carboxylic acids is 2. The Morgan fingerprint density at radius 2 is 1.76 bits per heavy atom. The molecule has 1 heterocycles.